The highest BCUT2D eigenvalue weighted by Crippen LogP contribution is 2.25. The van der Waals surface area contributed by atoms with E-state index in [1.165, 1.54) is 12.1 Å². The van der Waals surface area contributed by atoms with E-state index in [1.54, 1.807) is 12.1 Å². The maximum absolute atomic E-state index is 12.9. The largest absolute Gasteiger partial charge is 0.372 e. The molecule has 0 unspecified atom stereocenters. The zero-order valence-electron chi connectivity index (χ0n) is 11.7. The lowest BCUT2D eigenvalue weighted by Gasteiger charge is -2.13. The minimum Gasteiger partial charge on any atom is -0.372 e. The number of anilines is 1. The number of nitrogens with zero attached hydrogens (tertiary/aromatic N) is 2. The molecule has 0 atom stereocenters. The number of benzene rings is 1. The molecule has 3 nitrogen and oxygen atoms in total. The van der Waals surface area contributed by atoms with Crippen LogP contribution in [0.2, 0.25) is 0 Å². The molecule has 1 aromatic carbocycles. The average molecular weight is 385 g/mol. The quantitative estimate of drug-likeness (QED) is 0.810. The predicted molar refractivity (Wildman–Crippen MR) is 87.6 cm³/mol. The Balaban J connectivity index is 2.36. The maximum atomic E-state index is 12.9. The second-order valence-electron chi connectivity index (χ2n) is 4.90. The Kier molecular flexibility index (Phi) is 4.91. The van der Waals surface area contributed by atoms with Gasteiger partial charge in [-0.2, -0.15) is 0 Å². The van der Waals surface area contributed by atoms with Crippen molar-refractivity contribution < 1.29 is 4.39 Å². The van der Waals surface area contributed by atoms with Gasteiger partial charge in [-0.3, -0.25) is 0 Å². The molecule has 1 aromatic heterocycles. The van der Waals surface area contributed by atoms with Gasteiger partial charge in [0.25, 0.3) is 0 Å². The number of hydrogen-bond acceptors (Lipinski definition) is 3. The summed E-state index contributed by atoms with van der Waals surface area (Å²) >= 11 is 2.27. The van der Waals surface area contributed by atoms with E-state index in [1.807, 2.05) is 7.05 Å². The SMILES string of the molecule is CNc1nc(Cc2ccc(F)cc2)nc(C(C)C)c1I. The van der Waals surface area contributed by atoms with Gasteiger partial charge < -0.3 is 5.32 Å². The van der Waals surface area contributed by atoms with E-state index in [9.17, 15) is 4.39 Å². The molecular weight excluding hydrogens is 368 g/mol. The van der Waals surface area contributed by atoms with Crippen LogP contribution in [0.4, 0.5) is 10.2 Å². The van der Waals surface area contributed by atoms with Crippen LogP contribution in [0.15, 0.2) is 24.3 Å². The molecule has 0 aliphatic carbocycles. The first-order valence-electron chi connectivity index (χ1n) is 6.49. The number of rotatable bonds is 4. The summed E-state index contributed by atoms with van der Waals surface area (Å²) < 4.78 is 14.0. The number of halogens is 2. The van der Waals surface area contributed by atoms with Gasteiger partial charge in [0.2, 0.25) is 0 Å². The van der Waals surface area contributed by atoms with Crippen LogP contribution in [0.1, 0.15) is 36.8 Å². The normalized spacial score (nSPS) is 10.9. The van der Waals surface area contributed by atoms with Gasteiger partial charge in [-0.1, -0.05) is 26.0 Å². The van der Waals surface area contributed by atoms with Gasteiger partial charge in [0.05, 0.1) is 9.26 Å². The van der Waals surface area contributed by atoms with Crippen LogP contribution in [0.3, 0.4) is 0 Å². The Hall–Kier alpha value is -1.24. The van der Waals surface area contributed by atoms with Crippen LogP contribution in [0.5, 0.6) is 0 Å². The van der Waals surface area contributed by atoms with Gasteiger partial charge in [-0.05, 0) is 46.2 Å². The highest BCUT2D eigenvalue weighted by atomic mass is 127. The summed E-state index contributed by atoms with van der Waals surface area (Å²) in [7, 11) is 1.86. The van der Waals surface area contributed by atoms with E-state index in [-0.39, 0.29) is 5.82 Å². The van der Waals surface area contributed by atoms with Crippen LogP contribution < -0.4 is 5.32 Å². The van der Waals surface area contributed by atoms with E-state index in [4.69, 9.17) is 0 Å². The molecule has 0 radical (unpaired) electrons. The lowest BCUT2D eigenvalue weighted by atomic mass is 10.1. The topological polar surface area (TPSA) is 37.8 Å². The second-order valence-corrected chi connectivity index (χ2v) is 5.97. The summed E-state index contributed by atoms with van der Waals surface area (Å²) in [5.41, 5.74) is 2.05. The minimum atomic E-state index is -0.226. The van der Waals surface area contributed by atoms with Crippen molar-refractivity contribution in [1.29, 1.82) is 0 Å². The molecule has 20 heavy (non-hydrogen) atoms. The summed E-state index contributed by atoms with van der Waals surface area (Å²) in [4.78, 5) is 9.17. The van der Waals surface area contributed by atoms with Crippen LogP contribution in [0, 0.1) is 9.39 Å². The molecule has 0 aliphatic heterocycles. The molecule has 0 fully saturated rings. The first-order chi connectivity index (χ1) is 9.51. The maximum Gasteiger partial charge on any atom is 0.143 e. The van der Waals surface area contributed by atoms with Crippen molar-refractivity contribution in [2.45, 2.75) is 26.2 Å². The standard InChI is InChI=1S/C15H17FIN3/c1-9(2)14-13(17)15(18-3)20-12(19-14)8-10-4-6-11(16)7-5-10/h4-7,9H,8H2,1-3H3,(H,18,19,20). The fourth-order valence-electron chi connectivity index (χ4n) is 1.92. The lowest BCUT2D eigenvalue weighted by molar-refractivity contribution is 0.627. The monoisotopic (exact) mass is 385 g/mol. The van der Waals surface area contributed by atoms with Crippen LogP contribution in [-0.2, 0) is 6.42 Å². The van der Waals surface area contributed by atoms with Crippen molar-refractivity contribution in [1.82, 2.24) is 9.97 Å². The third kappa shape index (κ3) is 3.45. The van der Waals surface area contributed by atoms with Gasteiger partial charge in [0.1, 0.15) is 17.5 Å². The van der Waals surface area contributed by atoms with Crippen molar-refractivity contribution in [3.05, 3.63) is 50.7 Å². The van der Waals surface area contributed by atoms with Crippen molar-refractivity contribution in [3.8, 4) is 0 Å². The van der Waals surface area contributed by atoms with E-state index in [0.717, 1.165) is 26.5 Å². The molecule has 0 spiro atoms. The molecule has 0 saturated heterocycles. The van der Waals surface area contributed by atoms with Crippen molar-refractivity contribution in [2.24, 2.45) is 0 Å². The van der Waals surface area contributed by atoms with Crippen LogP contribution in [-0.4, -0.2) is 17.0 Å². The summed E-state index contributed by atoms with van der Waals surface area (Å²) in [5.74, 6) is 1.71. The van der Waals surface area contributed by atoms with Gasteiger partial charge in [0, 0.05) is 13.5 Å². The van der Waals surface area contributed by atoms with Crippen molar-refractivity contribution in [3.63, 3.8) is 0 Å². The first-order valence-corrected chi connectivity index (χ1v) is 7.57. The molecule has 0 saturated carbocycles. The molecule has 0 bridgehead atoms. The molecule has 0 aliphatic rings. The fourth-order valence-corrected chi connectivity index (χ4v) is 3.06. The highest BCUT2D eigenvalue weighted by molar-refractivity contribution is 14.1. The zero-order valence-corrected chi connectivity index (χ0v) is 13.9. The Morgan fingerprint density at radius 2 is 1.85 bits per heavy atom. The Labute approximate surface area is 132 Å². The molecule has 2 rings (SSSR count). The van der Waals surface area contributed by atoms with Gasteiger partial charge in [0.15, 0.2) is 0 Å². The van der Waals surface area contributed by atoms with E-state index in [0.29, 0.717) is 12.3 Å². The molecule has 1 heterocycles. The van der Waals surface area contributed by atoms with Crippen molar-refractivity contribution >= 4 is 28.4 Å². The third-order valence-corrected chi connectivity index (χ3v) is 4.05. The minimum absolute atomic E-state index is 0.226. The molecule has 106 valence electrons. The lowest BCUT2D eigenvalue weighted by Crippen LogP contribution is -2.09. The summed E-state index contributed by atoms with van der Waals surface area (Å²) in [6.07, 6.45) is 0.603. The molecule has 0 amide bonds. The van der Waals surface area contributed by atoms with Crippen LogP contribution >= 0.6 is 22.6 Å². The average Bonchev–Trinajstić information content (AvgIpc) is 2.42. The van der Waals surface area contributed by atoms with Gasteiger partial charge >= 0.3 is 0 Å². The first kappa shape index (κ1) is 15.2. The van der Waals surface area contributed by atoms with Crippen molar-refractivity contribution in [2.75, 3.05) is 12.4 Å². The molecule has 1 N–H and O–H groups in total. The number of nitrogens with one attached hydrogen (secondary N) is 1. The molecular formula is C15H17FIN3. The summed E-state index contributed by atoms with van der Waals surface area (Å²) in [5, 5.41) is 3.11. The molecule has 5 heteroatoms. The van der Waals surface area contributed by atoms with Gasteiger partial charge in [-0.15, -0.1) is 0 Å². The zero-order chi connectivity index (χ0) is 14.7. The van der Waals surface area contributed by atoms with Gasteiger partial charge in [-0.25, -0.2) is 14.4 Å². The second kappa shape index (κ2) is 6.47. The van der Waals surface area contributed by atoms with E-state index < -0.39 is 0 Å². The third-order valence-electron chi connectivity index (χ3n) is 2.98. The van der Waals surface area contributed by atoms with E-state index >= 15 is 0 Å². The molecule has 2 aromatic rings. The Morgan fingerprint density at radius 3 is 2.40 bits per heavy atom. The Bertz CT molecular complexity index is 597. The smallest absolute Gasteiger partial charge is 0.143 e. The van der Waals surface area contributed by atoms with Crippen LogP contribution in [0.25, 0.3) is 0 Å². The highest BCUT2D eigenvalue weighted by Gasteiger charge is 2.14. The number of hydrogen-bond donors (Lipinski definition) is 1. The summed E-state index contributed by atoms with van der Waals surface area (Å²) in [6, 6.07) is 6.46. The predicted octanol–water partition coefficient (Wildman–Crippen LogP) is 3.98. The fraction of sp³-hybridized carbons (Fsp3) is 0.333. The van der Waals surface area contributed by atoms with E-state index in [2.05, 4.69) is 51.7 Å². The number of aromatic nitrogens is 2. The Morgan fingerprint density at radius 1 is 1.20 bits per heavy atom. The summed E-state index contributed by atoms with van der Waals surface area (Å²) in [6.45, 7) is 4.23.